The quantitative estimate of drug-likeness (QED) is 0.888. The summed E-state index contributed by atoms with van der Waals surface area (Å²) in [4.78, 5) is 23.7. The highest BCUT2D eigenvalue weighted by molar-refractivity contribution is 7.12. The Bertz CT molecular complexity index is 576. The van der Waals surface area contributed by atoms with E-state index in [4.69, 9.17) is 0 Å². The molecule has 0 bridgehead atoms. The standard InChI is InChI=1S/C15H16N2O2S/c1-16-14(18)9-6-11-4-7-12(8-5-11)17-15(19)13-3-2-10-20-13/h2-5,7-8,10H,6,9H2,1H3,(H,16,18)(H,17,19). The zero-order chi connectivity index (χ0) is 14.4. The van der Waals surface area contributed by atoms with Gasteiger partial charge in [-0.2, -0.15) is 0 Å². The van der Waals surface area contributed by atoms with Gasteiger partial charge >= 0.3 is 0 Å². The maximum absolute atomic E-state index is 11.9. The van der Waals surface area contributed by atoms with E-state index in [1.165, 1.54) is 11.3 Å². The number of anilines is 1. The lowest BCUT2D eigenvalue weighted by molar-refractivity contribution is -0.120. The normalized spacial score (nSPS) is 10.1. The van der Waals surface area contributed by atoms with Crippen LogP contribution in [0.4, 0.5) is 5.69 Å². The molecule has 0 saturated carbocycles. The van der Waals surface area contributed by atoms with Crippen molar-refractivity contribution in [2.75, 3.05) is 12.4 Å². The van der Waals surface area contributed by atoms with Gasteiger partial charge in [0.2, 0.25) is 5.91 Å². The van der Waals surface area contributed by atoms with Crippen molar-refractivity contribution in [2.45, 2.75) is 12.8 Å². The van der Waals surface area contributed by atoms with Crippen LogP contribution < -0.4 is 10.6 Å². The molecule has 0 unspecified atom stereocenters. The lowest BCUT2D eigenvalue weighted by atomic mass is 10.1. The molecule has 2 aromatic rings. The predicted molar refractivity (Wildman–Crippen MR) is 81.1 cm³/mol. The van der Waals surface area contributed by atoms with Crippen molar-refractivity contribution in [3.05, 3.63) is 52.2 Å². The second-order valence-electron chi connectivity index (χ2n) is 4.30. The summed E-state index contributed by atoms with van der Waals surface area (Å²) in [6, 6.07) is 11.2. The van der Waals surface area contributed by atoms with Gasteiger partial charge in [0.1, 0.15) is 0 Å². The summed E-state index contributed by atoms with van der Waals surface area (Å²) in [5.41, 5.74) is 1.83. The third kappa shape index (κ3) is 3.93. The van der Waals surface area contributed by atoms with Crippen LogP contribution in [-0.2, 0) is 11.2 Å². The van der Waals surface area contributed by atoms with Crippen molar-refractivity contribution in [1.29, 1.82) is 0 Å². The topological polar surface area (TPSA) is 58.2 Å². The van der Waals surface area contributed by atoms with Crippen LogP contribution in [0.3, 0.4) is 0 Å². The molecule has 0 saturated heterocycles. The Balaban J connectivity index is 1.91. The summed E-state index contributed by atoms with van der Waals surface area (Å²) >= 11 is 1.41. The molecule has 20 heavy (non-hydrogen) atoms. The van der Waals surface area contributed by atoms with Gasteiger partial charge in [0, 0.05) is 19.2 Å². The van der Waals surface area contributed by atoms with E-state index < -0.39 is 0 Å². The van der Waals surface area contributed by atoms with Crippen LogP contribution in [-0.4, -0.2) is 18.9 Å². The summed E-state index contributed by atoms with van der Waals surface area (Å²) in [5, 5.41) is 7.31. The number of benzene rings is 1. The summed E-state index contributed by atoms with van der Waals surface area (Å²) in [6.45, 7) is 0. The summed E-state index contributed by atoms with van der Waals surface area (Å²) < 4.78 is 0. The number of aryl methyl sites for hydroxylation is 1. The van der Waals surface area contributed by atoms with Gasteiger partial charge in [0.25, 0.3) is 5.91 Å². The number of carbonyl (C=O) groups excluding carboxylic acids is 2. The summed E-state index contributed by atoms with van der Waals surface area (Å²) in [6.07, 6.45) is 1.16. The molecule has 0 aliphatic carbocycles. The first kappa shape index (κ1) is 14.3. The fraction of sp³-hybridized carbons (Fsp3) is 0.200. The van der Waals surface area contributed by atoms with Gasteiger partial charge in [-0.15, -0.1) is 11.3 Å². The smallest absolute Gasteiger partial charge is 0.265 e. The highest BCUT2D eigenvalue weighted by Crippen LogP contribution is 2.14. The van der Waals surface area contributed by atoms with E-state index in [9.17, 15) is 9.59 Å². The molecule has 1 heterocycles. The molecule has 0 spiro atoms. The second kappa shape index (κ2) is 6.86. The van der Waals surface area contributed by atoms with Crippen molar-refractivity contribution in [2.24, 2.45) is 0 Å². The lowest BCUT2D eigenvalue weighted by Gasteiger charge is -2.05. The van der Waals surface area contributed by atoms with Crippen LogP contribution in [0.2, 0.25) is 0 Å². The molecule has 0 atom stereocenters. The van der Waals surface area contributed by atoms with Gasteiger partial charge in [0.05, 0.1) is 4.88 Å². The molecule has 4 nitrogen and oxygen atoms in total. The second-order valence-corrected chi connectivity index (χ2v) is 5.25. The van der Waals surface area contributed by atoms with Crippen molar-refractivity contribution < 1.29 is 9.59 Å². The van der Waals surface area contributed by atoms with Gasteiger partial charge in [-0.25, -0.2) is 0 Å². The van der Waals surface area contributed by atoms with Gasteiger partial charge in [0.15, 0.2) is 0 Å². The van der Waals surface area contributed by atoms with Gasteiger partial charge in [-0.05, 0) is 35.6 Å². The van der Waals surface area contributed by atoms with Crippen LogP contribution in [0.15, 0.2) is 41.8 Å². The van der Waals surface area contributed by atoms with E-state index >= 15 is 0 Å². The van der Waals surface area contributed by atoms with Gasteiger partial charge < -0.3 is 10.6 Å². The molecule has 2 amide bonds. The molecule has 0 aliphatic rings. The average Bonchev–Trinajstić information content (AvgIpc) is 3.00. The fourth-order valence-electron chi connectivity index (χ4n) is 1.74. The molecule has 1 aromatic carbocycles. The predicted octanol–water partition coefficient (Wildman–Crippen LogP) is 2.68. The first-order valence-corrected chi connectivity index (χ1v) is 7.21. The largest absolute Gasteiger partial charge is 0.359 e. The Kier molecular flexibility index (Phi) is 4.90. The van der Waals surface area contributed by atoms with E-state index in [-0.39, 0.29) is 11.8 Å². The maximum Gasteiger partial charge on any atom is 0.265 e. The average molecular weight is 288 g/mol. The Morgan fingerprint density at radius 1 is 1.15 bits per heavy atom. The minimum absolute atomic E-state index is 0.0278. The molecule has 2 N–H and O–H groups in total. The fourth-order valence-corrected chi connectivity index (χ4v) is 2.36. The van der Waals surface area contributed by atoms with Crippen molar-refractivity contribution in [3.63, 3.8) is 0 Å². The number of thiophene rings is 1. The van der Waals surface area contributed by atoms with Crippen molar-refractivity contribution in [1.82, 2.24) is 5.32 Å². The first-order chi connectivity index (χ1) is 9.69. The lowest BCUT2D eigenvalue weighted by Crippen LogP contribution is -2.17. The van der Waals surface area contributed by atoms with E-state index in [1.54, 1.807) is 13.1 Å². The number of carbonyl (C=O) groups is 2. The van der Waals surface area contributed by atoms with E-state index in [1.807, 2.05) is 35.7 Å². The molecule has 2 rings (SSSR count). The molecule has 0 radical (unpaired) electrons. The Morgan fingerprint density at radius 3 is 2.50 bits per heavy atom. The van der Waals surface area contributed by atoms with Crippen LogP contribution in [0.25, 0.3) is 0 Å². The number of hydrogen-bond acceptors (Lipinski definition) is 3. The third-order valence-corrected chi connectivity index (χ3v) is 3.74. The van der Waals surface area contributed by atoms with Crippen LogP contribution in [0, 0.1) is 0 Å². The third-order valence-electron chi connectivity index (χ3n) is 2.88. The van der Waals surface area contributed by atoms with Crippen molar-refractivity contribution >= 4 is 28.8 Å². The molecular formula is C15H16N2O2S. The molecule has 1 aromatic heterocycles. The van der Waals surface area contributed by atoms with Gasteiger partial charge in [-0.1, -0.05) is 18.2 Å². The Morgan fingerprint density at radius 2 is 1.90 bits per heavy atom. The monoisotopic (exact) mass is 288 g/mol. The molecular weight excluding hydrogens is 272 g/mol. The van der Waals surface area contributed by atoms with E-state index in [0.29, 0.717) is 17.7 Å². The van der Waals surface area contributed by atoms with Crippen LogP contribution >= 0.6 is 11.3 Å². The van der Waals surface area contributed by atoms with E-state index in [2.05, 4.69) is 10.6 Å². The van der Waals surface area contributed by atoms with Gasteiger partial charge in [-0.3, -0.25) is 9.59 Å². The minimum Gasteiger partial charge on any atom is -0.359 e. The minimum atomic E-state index is -0.0990. The zero-order valence-corrected chi connectivity index (χ0v) is 12.0. The first-order valence-electron chi connectivity index (χ1n) is 6.33. The zero-order valence-electron chi connectivity index (χ0n) is 11.2. The van der Waals surface area contributed by atoms with Crippen LogP contribution in [0.5, 0.6) is 0 Å². The van der Waals surface area contributed by atoms with E-state index in [0.717, 1.165) is 11.3 Å². The molecule has 0 aliphatic heterocycles. The SMILES string of the molecule is CNC(=O)CCc1ccc(NC(=O)c2cccs2)cc1. The highest BCUT2D eigenvalue weighted by atomic mass is 32.1. The summed E-state index contributed by atoms with van der Waals surface area (Å²) in [7, 11) is 1.63. The molecule has 5 heteroatoms. The summed E-state index contributed by atoms with van der Waals surface area (Å²) in [5.74, 6) is -0.0711. The highest BCUT2D eigenvalue weighted by Gasteiger charge is 2.06. The van der Waals surface area contributed by atoms with Crippen LogP contribution in [0.1, 0.15) is 21.7 Å². The Labute approximate surface area is 121 Å². The Hall–Kier alpha value is -2.14. The molecule has 0 fully saturated rings. The number of rotatable bonds is 5. The maximum atomic E-state index is 11.9. The number of nitrogens with one attached hydrogen (secondary N) is 2. The number of amides is 2. The van der Waals surface area contributed by atoms with Crippen molar-refractivity contribution in [3.8, 4) is 0 Å². The molecule has 104 valence electrons. The number of hydrogen-bond donors (Lipinski definition) is 2.